The third-order valence-electron chi connectivity index (χ3n) is 6.02. The molecule has 1 N–H and O–H groups in total. The molecule has 0 radical (unpaired) electrons. The number of aryl methyl sites for hydroxylation is 2. The van der Waals surface area contributed by atoms with E-state index in [1.165, 1.54) is 0 Å². The van der Waals surface area contributed by atoms with Gasteiger partial charge < -0.3 is 9.15 Å². The van der Waals surface area contributed by atoms with Crippen LogP contribution in [-0.4, -0.2) is 21.0 Å². The topological polar surface area (TPSA) is 85.6 Å². The third-order valence-corrected chi connectivity index (χ3v) is 7.68. The van der Waals surface area contributed by atoms with E-state index in [0.717, 1.165) is 16.7 Å². The fourth-order valence-electron chi connectivity index (χ4n) is 4.15. The predicted molar refractivity (Wildman–Crippen MR) is 134 cm³/mol. The van der Waals surface area contributed by atoms with Gasteiger partial charge in [0.1, 0.15) is 16.9 Å². The Morgan fingerprint density at radius 3 is 2.21 bits per heavy atom. The largest absolute Gasteiger partial charge is 0.462 e. The summed E-state index contributed by atoms with van der Waals surface area (Å²) < 4.78 is 40.8. The molecule has 34 heavy (non-hydrogen) atoms. The van der Waals surface area contributed by atoms with E-state index in [9.17, 15) is 13.2 Å². The van der Waals surface area contributed by atoms with Crippen LogP contribution in [0, 0.1) is 27.7 Å². The van der Waals surface area contributed by atoms with Crippen molar-refractivity contribution in [2.45, 2.75) is 39.5 Å². The number of sulfonamides is 1. The molecular formula is C27H27NO5S. The van der Waals surface area contributed by atoms with Crippen molar-refractivity contribution in [1.82, 2.24) is 0 Å². The Bertz CT molecular complexity index is 1480. The molecule has 0 bridgehead atoms. The van der Waals surface area contributed by atoms with Gasteiger partial charge in [-0.15, -0.1) is 0 Å². The summed E-state index contributed by atoms with van der Waals surface area (Å²) in [4.78, 5) is 13.1. The number of benzene rings is 3. The molecular weight excluding hydrogens is 450 g/mol. The van der Waals surface area contributed by atoms with Crippen LogP contribution in [0.4, 0.5) is 5.69 Å². The molecule has 0 saturated carbocycles. The van der Waals surface area contributed by atoms with Crippen LogP contribution in [0.15, 0.2) is 63.9 Å². The number of rotatable bonds is 6. The van der Waals surface area contributed by atoms with Crippen LogP contribution in [0.5, 0.6) is 0 Å². The second-order valence-electron chi connectivity index (χ2n) is 8.30. The van der Waals surface area contributed by atoms with Crippen molar-refractivity contribution in [3.05, 3.63) is 82.4 Å². The summed E-state index contributed by atoms with van der Waals surface area (Å²) in [6.45, 7) is 9.35. The summed E-state index contributed by atoms with van der Waals surface area (Å²) in [6, 6.07) is 16.1. The maximum atomic E-state index is 13.4. The number of hydrogen-bond donors (Lipinski definition) is 1. The van der Waals surface area contributed by atoms with Crippen LogP contribution in [0.25, 0.3) is 22.3 Å². The second kappa shape index (κ2) is 8.99. The van der Waals surface area contributed by atoms with Gasteiger partial charge in [0.15, 0.2) is 0 Å². The molecule has 176 valence electrons. The first-order valence-corrected chi connectivity index (χ1v) is 12.5. The maximum absolute atomic E-state index is 13.4. The molecule has 7 heteroatoms. The van der Waals surface area contributed by atoms with E-state index in [-0.39, 0.29) is 17.1 Å². The average molecular weight is 478 g/mol. The van der Waals surface area contributed by atoms with Crippen molar-refractivity contribution in [2.24, 2.45) is 0 Å². The minimum atomic E-state index is -3.87. The lowest BCUT2D eigenvalue weighted by Crippen LogP contribution is -2.17. The number of esters is 1. The molecule has 0 saturated heterocycles. The smallest absolute Gasteiger partial charge is 0.342 e. The van der Waals surface area contributed by atoms with Crippen LogP contribution in [0.2, 0.25) is 0 Å². The van der Waals surface area contributed by atoms with Crippen molar-refractivity contribution >= 4 is 32.6 Å². The third kappa shape index (κ3) is 4.19. The first-order valence-electron chi connectivity index (χ1n) is 11.0. The number of ether oxygens (including phenoxy) is 1. The number of fused-ring (bicyclic) bond motifs is 1. The fraction of sp³-hybridized carbons (Fsp3) is 0.222. The molecule has 6 nitrogen and oxygen atoms in total. The SMILES string of the molecule is CCOC(=O)c1c(-c2ccccc2)oc2ccc(NS(=O)(=O)c3c(C)c(C)cc(C)c3C)cc12. The molecule has 1 aromatic heterocycles. The summed E-state index contributed by atoms with van der Waals surface area (Å²) in [5.41, 5.74) is 5.02. The zero-order chi connectivity index (χ0) is 24.6. The first-order chi connectivity index (χ1) is 16.1. The number of furan rings is 1. The van der Waals surface area contributed by atoms with Gasteiger partial charge in [-0.05, 0) is 75.1 Å². The standard InChI is InChI=1S/C27H27NO5S/c1-6-32-27(29)24-22-15-21(12-13-23(22)33-25(24)20-10-8-7-9-11-20)28-34(30,31)26-18(4)16(2)14-17(3)19(26)5/h7-15,28H,6H2,1-5H3. The molecule has 0 fully saturated rings. The molecule has 0 aliphatic carbocycles. The summed E-state index contributed by atoms with van der Waals surface area (Å²) in [5, 5.41) is 0.478. The number of hydrogen-bond acceptors (Lipinski definition) is 5. The van der Waals surface area contributed by atoms with Gasteiger partial charge in [-0.25, -0.2) is 13.2 Å². The normalized spacial score (nSPS) is 11.6. The van der Waals surface area contributed by atoms with E-state index in [1.807, 2.05) is 50.2 Å². The average Bonchev–Trinajstić information content (AvgIpc) is 3.17. The fourth-order valence-corrected chi connectivity index (χ4v) is 5.82. The lowest BCUT2D eigenvalue weighted by atomic mass is 10.0. The first kappa shape index (κ1) is 23.6. The van der Waals surface area contributed by atoms with E-state index < -0.39 is 16.0 Å². The van der Waals surface area contributed by atoms with E-state index in [2.05, 4.69) is 4.72 Å². The van der Waals surface area contributed by atoms with Crippen LogP contribution in [-0.2, 0) is 14.8 Å². The Morgan fingerprint density at radius 2 is 1.59 bits per heavy atom. The highest BCUT2D eigenvalue weighted by Crippen LogP contribution is 2.36. The van der Waals surface area contributed by atoms with E-state index in [1.54, 1.807) is 39.0 Å². The van der Waals surface area contributed by atoms with Gasteiger partial charge in [0.2, 0.25) is 0 Å². The van der Waals surface area contributed by atoms with Gasteiger partial charge in [-0.1, -0.05) is 36.4 Å². The van der Waals surface area contributed by atoms with Gasteiger partial charge in [-0.3, -0.25) is 4.72 Å². The molecule has 0 unspecified atom stereocenters. The van der Waals surface area contributed by atoms with Crippen molar-refractivity contribution in [1.29, 1.82) is 0 Å². The highest BCUT2D eigenvalue weighted by Gasteiger charge is 2.26. The van der Waals surface area contributed by atoms with Gasteiger partial charge >= 0.3 is 5.97 Å². The molecule has 4 aromatic rings. The second-order valence-corrected chi connectivity index (χ2v) is 9.92. The molecule has 4 rings (SSSR count). The summed E-state index contributed by atoms with van der Waals surface area (Å²) in [7, 11) is -3.87. The van der Waals surface area contributed by atoms with Crippen molar-refractivity contribution in [3.63, 3.8) is 0 Å². The predicted octanol–water partition coefficient (Wildman–Crippen LogP) is 6.31. The summed E-state index contributed by atoms with van der Waals surface area (Å²) >= 11 is 0. The lowest BCUT2D eigenvalue weighted by molar-refractivity contribution is 0.0528. The molecule has 0 spiro atoms. The van der Waals surface area contributed by atoms with Gasteiger partial charge in [0.05, 0.1) is 11.5 Å². The van der Waals surface area contributed by atoms with Gasteiger partial charge in [0, 0.05) is 16.6 Å². The molecule has 0 amide bonds. The molecule has 0 aliphatic heterocycles. The monoisotopic (exact) mass is 477 g/mol. The van der Waals surface area contributed by atoms with E-state index >= 15 is 0 Å². The van der Waals surface area contributed by atoms with E-state index in [4.69, 9.17) is 9.15 Å². The Hall–Kier alpha value is -3.58. The zero-order valence-electron chi connectivity index (χ0n) is 19.9. The Morgan fingerprint density at radius 1 is 0.941 bits per heavy atom. The van der Waals surface area contributed by atoms with Crippen LogP contribution in [0.1, 0.15) is 39.5 Å². The van der Waals surface area contributed by atoms with Gasteiger partial charge in [0.25, 0.3) is 10.0 Å². The van der Waals surface area contributed by atoms with Crippen molar-refractivity contribution in [3.8, 4) is 11.3 Å². The molecule has 3 aromatic carbocycles. The summed E-state index contributed by atoms with van der Waals surface area (Å²) in [5.74, 6) is -0.142. The lowest BCUT2D eigenvalue weighted by Gasteiger charge is -2.16. The number of anilines is 1. The van der Waals surface area contributed by atoms with Crippen LogP contribution < -0.4 is 4.72 Å². The molecule has 0 aliphatic rings. The van der Waals surface area contributed by atoms with Crippen molar-refractivity contribution in [2.75, 3.05) is 11.3 Å². The van der Waals surface area contributed by atoms with E-state index in [0.29, 0.717) is 33.5 Å². The Kier molecular flexibility index (Phi) is 6.23. The van der Waals surface area contributed by atoms with Crippen LogP contribution in [0.3, 0.4) is 0 Å². The zero-order valence-corrected chi connectivity index (χ0v) is 20.7. The highest BCUT2D eigenvalue weighted by molar-refractivity contribution is 7.92. The minimum absolute atomic E-state index is 0.206. The Labute approximate surface area is 199 Å². The number of carbonyl (C=O) groups excluding carboxylic acids is 1. The quantitative estimate of drug-likeness (QED) is 0.329. The number of nitrogens with one attached hydrogen (secondary N) is 1. The summed E-state index contributed by atoms with van der Waals surface area (Å²) in [6.07, 6.45) is 0. The molecule has 0 atom stereocenters. The maximum Gasteiger partial charge on any atom is 0.342 e. The van der Waals surface area contributed by atoms with Crippen molar-refractivity contribution < 1.29 is 22.4 Å². The van der Waals surface area contributed by atoms with Gasteiger partial charge in [-0.2, -0.15) is 0 Å². The highest BCUT2D eigenvalue weighted by atomic mass is 32.2. The van der Waals surface area contributed by atoms with Crippen LogP contribution >= 0.6 is 0 Å². The molecule has 1 heterocycles. The Balaban J connectivity index is 1.85. The number of carbonyl (C=O) groups is 1. The minimum Gasteiger partial charge on any atom is -0.462 e.